The molecule has 6 nitrogen and oxygen atoms in total. The highest BCUT2D eigenvalue weighted by atomic mass is 16.6. The second-order valence-corrected chi connectivity index (χ2v) is 19.2. The van der Waals surface area contributed by atoms with E-state index >= 15 is 0 Å². The van der Waals surface area contributed by atoms with Crippen LogP contribution in [0.15, 0.2) is 36.5 Å². The molecule has 0 bridgehead atoms. The van der Waals surface area contributed by atoms with Gasteiger partial charge in [0.2, 0.25) is 0 Å². The topological polar surface area (TPSA) is 78.9 Å². The van der Waals surface area contributed by atoms with Gasteiger partial charge in [-0.15, -0.1) is 0 Å². The van der Waals surface area contributed by atoms with Gasteiger partial charge in [0.05, 0.1) is 0 Å². The summed E-state index contributed by atoms with van der Waals surface area (Å²) in [5.74, 6) is -0.877. The second kappa shape index (κ2) is 54.2. The first-order valence-corrected chi connectivity index (χ1v) is 28.5. The minimum absolute atomic E-state index is 0.0751. The summed E-state index contributed by atoms with van der Waals surface area (Å²) in [5.41, 5.74) is 0. The van der Waals surface area contributed by atoms with Crippen LogP contribution >= 0.6 is 0 Å². The van der Waals surface area contributed by atoms with Crippen LogP contribution in [0.3, 0.4) is 0 Å². The number of allylic oxidation sites excluding steroid dienone is 6. The third-order valence-corrected chi connectivity index (χ3v) is 12.6. The van der Waals surface area contributed by atoms with Crippen molar-refractivity contribution >= 4 is 17.9 Å². The Hall–Kier alpha value is -2.37. The molecule has 6 heteroatoms. The van der Waals surface area contributed by atoms with Crippen LogP contribution in [0, 0.1) is 0 Å². The molecule has 0 fully saturated rings. The highest BCUT2D eigenvalue weighted by Crippen LogP contribution is 2.16. The first kappa shape index (κ1) is 62.6. The van der Waals surface area contributed by atoms with E-state index in [4.69, 9.17) is 14.2 Å². The molecule has 0 radical (unpaired) electrons. The van der Waals surface area contributed by atoms with Gasteiger partial charge < -0.3 is 14.2 Å². The maximum absolute atomic E-state index is 12.8. The Labute approximate surface area is 404 Å². The normalized spacial score (nSPS) is 12.2. The lowest BCUT2D eigenvalue weighted by molar-refractivity contribution is -0.167. The van der Waals surface area contributed by atoms with Gasteiger partial charge in [0.15, 0.2) is 6.10 Å². The van der Waals surface area contributed by atoms with Crippen molar-refractivity contribution in [2.24, 2.45) is 0 Å². The molecule has 1 unspecified atom stereocenters. The summed E-state index contributed by atoms with van der Waals surface area (Å²) >= 11 is 0. The van der Waals surface area contributed by atoms with Crippen LogP contribution < -0.4 is 0 Å². The van der Waals surface area contributed by atoms with E-state index in [-0.39, 0.29) is 31.1 Å². The van der Waals surface area contributed by atoms with Crippen molar-refractivity contribution in [1.82, 2.24) is 0 Å². The lowest BCUT2D eigenvalue weighted by atomic mass is 10.0. The molecular formula is C59H108O6. The van der Waals surface area contributed by atoms with Gasteiger partial charge in [-0.1, -0.05) is 250 Å². The fraction of sp³-hybridized carbons (Fsp3) is 0.847. The molecule has 0 saturated carbocycles. The standard InChI is InChI=1S/C59H108O6/c1-4-7-10-13-16-19-22-25-26-27-28-29-30-31-32-35-37-40-43-46-49-52-58(61)64-55-56(65-59(62)53-50-47-44-41-38-34-24-21-18-15-12-9-6-3)54-63-57(60)51-48-45-42-39-36-33-23-20-17-14-11-8-5-2/h12,15,21,24,27-28,56H,4-11,13-14,16-20,22-23,25-26,29-55H2,1-3H3/b15-12-,24-21-,28-27-. The van der Waals surface area contributed by atoms with E-state index in [1.165, 1.54) is 173 Å². The van der Waals surface area contributed by atoms with Crippen molar-refractivity contribution in [3.05, 3.63) is 36.5 Å². The molecule has 380 valence electrons. The zero-order chi connectivity index (χ0) is 47.2. The summed E-state index contributed by atoms with van der Waals surface area (Å²) in [6.45, 7) is 6.59. The van der Waals surface area contributed by atoms with Crippen LogP contribution in [0.4, 0.5) is 0 Å². The molecule has 0 aromatic carbocycles. The lowest BCUT2D eigenvalue weighted by Crippen LogP contribution is -2.30. The van der Waals surface area contributed by atoms with Crippen LogP contribution in [0.25, 0.3) is 0 Å². The number of ether oxygens (including phenoxy) is 3. The van der Waals surface area contributed by atoms with Gasteiger partial charge in [-0.2, -0.15) is 0 Å². The average molecular weight is 914 g/mol. The van der Waals surface area contributed by atoms with Crippen molar-refractivity contribution < 1.29 is 28.6 Å². The number of hydrogen-bond acceptors (Lipinski definition) is 6. The van der Waals surface area contributed by atoms with E-state index in [1.807, 2.05) is 0 Å². The minimum atomic E-state index is -0.776. The first-order valence-electron chi connectivity index (χ1n) is 28.5. The first-order chi connectivity index (χ1) is 32.0. The zero-order valence-corrected chi connectivity index (χ0v) is 43.5. The van der Waals surface area contributed by atoms with Crippen molar-refractivity contribution in [3.63, 3.8) is 0 Å². The van der Waals surface area contributed by atoms with Gasteiger partial charge in [0, 0.05) is 19.3 Å². The van der Waals surface area contributed by atoms with Crippen molar-refractivity contribution in [3.8, 4) is 0 Å². The Balaban J connectivity index is 4.29. The maximum Gasteiger partial charge on any atom is 0.306 e. The number of esters is 3. The average Bonchev–Trinajstić information content (AvgIpc) is 3.30. The molecule has 0 rings (SSSR count). The quantitative estimate of drug-likeness (QED) is 0.0262. The fourth-order valence-corrected chi connectivity index (χ4v) is 8.30. The van der Waals surface area contributed by atoms with E-state index in [0.29, 0.717) is 19.3 Å². The minimum Gasteiger partial charge on any atom is -0.462 e. The largest absolute Gasteiger partial charge is 0.462 e. The summed E-state index contributed by atoms with van der Waals surface area (Å²) < 4.78 is 16.8. The number of rotatable bonds is 52. The number of hydrogen-bond donors (Lipinski definition) is 0. The van der Waals surface area contributed by atoms with Crippen molar-refractivity contribution in [1.29, 1.82) is 0 Å². The summed E-state index contributed by atoms with van der Waals surface area (Å²) in [7, 11) is 0. The lowest BCUT2D eigenvalue weighted by Gasteiger charge is -2.18. The maximum atomic E-state index is 12.8. The SMILES string of the molecule is CCC/C=C\C/C=C\CCCCCCCC(=O)OC(COC(=O)CCCCCCCCCCC/C=C\CCCCCCCCCC)COC(=O)CCCCCCCCCCCCCCC. The summed E-state index contributed by atoms with van der Waals surface area (Å²) in [4.78, 5) is 38.1. The van der Waals surface area contributed by atoms with Crippen LogP contribution in [0.2, 0.25) is 0 Å². The Kier molecular flexibility index (Phi) is 52.3. The third kappa shape index (κ3) is 52.5. The molecular weight excluding hydrogens is 805 g/mol. The van der Waals surface area contributed by atoms with Gasteiger partial charge in [0.1, 0.15) is 13.2 Å². The molecule has 0 saturated heterocycles. The summed E-state index contributed by atoms with van der Waals surface area (Å²) in [6.07, 6.45) is 64.2. The van der Waals surface area contributed by atoms with E-state index in [2.05, 4.69) is 57.2 Å². The molecule has 0 aromatic rings. The Morgan fingerprint density at radius 2 is 0.585 bits per heavy atom. The van der Waals surface area contributed by atoms with Crippen molar-refractivity contribution in [2.75, 3.05) is 13.2 Å². The van der Waals surface area contributed by atoms with Crippen LogP contribution in [-0.2, 0) is 28.6 Å². The third-order valence-electron chi connectivity index (χ3n) is 12.6. The zero-order valence-electron chi connectivity index (χ0n) is 43.5. The smallest absolute Gasteiger partial charge is 0.306 e. The summed E-state index contributed by atoms with van der Waals surface area (Å²) in [6, 6.07) is 0. The molecule has 0 spiro atoms. The molecule has 65 heavy (non-hydrogen) atoms. The number of carbonyl (C=O) groups is 3. The molecule has 0 aliphatic carbocycles. The van der Waals surface area contributed by atoms with Crippen LogP contribution in [-0.4, -0.2) is 37.2 Å². The molecule has 0 amide bonds. The highest BCUT2D eigenvalue weighted by Gasteiger charge is 2.19. The number of unbranched alkanes of at least 4 members (excludes halogenated alkanes) is 35. The van der Waals surface area contributed by atoms with Gasteiger partial charge in [-0.05, 0) is 70.6 Å². The van der Waals surface area contributed by atoms with E-state index in [9.17, 15) is 14.4 Å². The molecule has 0 N–H and O–H groups in total. The monoisotopic (exact) mass is 913 g/mol. The Morgan fingerprint density at radius 1 is 0.308 bits per heavy atom. The predicted octanol–water partition coefficient (Wildman–Crippen LogP) is 18.9. The van der Waals surface area contributed by atoms with Gasteiger partial charge in [-0.3, -0.25) is 14.4 Å². The highest BCUT2D eigenvalue weighted by molar-refractivity contribution is 5.71. The van der Waals surface area contributed by atoms with E-state index in [0.717, 1.165) is 89.9 Å². The van der Waals surface area contributed by atoms with Gasteiger partial charge >= 0.3 is 17.9 Å². The molecule has 0 heterocycles. The molecule has 0 aliphatic rings. The summed E-state index contributed by atoms with van der Waals surface area (Å²) in [5, 5.41) is 0. The molecule has 0 aliphatic heterocycles. The van der Waals surface area contributed by atoms with E-state index < -0.39 is 6.10 Å². The molecule has 0 aromatic heterocycles. The Morgan fingerprint density at radius 3 is 0.923 bits per heavy atom. The van der Waals surface area contributed by atoms with Gasteiger partial charge in [0.25, 0.3) is 0 Å². The molecule has 1 atom stereocenters. The van der Waals surface area contributed by atoms with E-state index in [1.54, 1.807) is 0 Å². The van der Waals surface area contributed by atoms with Gasteiger partial charge in [-0.25, -0.2) is 0 Å². The number of carbonyl (C=O) groups excluding carboxylic acids is 3. The van der Waals surface area contributed by atoms with Crippen LogP contribution in [0.1, 0.15) is 303 Å². The predicted molar refractivity (Wildman–Crippen MR) is 279 cm³/mol. The second-order valence-electron chi connectivity index (χ2n) is 19.2. The Bertz CT molecular complexity index is 1090. The van der Waals surface area contributed by atoms with Crippen molar-refractivity contribution in [2.45, 2.75) is 309 Å². The fourth-order valence-electron chi connectivity index (χ4n) is 8.30. The van der Waals surface area contributed by atoms with Crippen LogP contribution in [0.5, 0.6) is 0 Å².